The lowest BCUT2D eigenvalue weighted by Gasteiger charge is -2.39. The number of benzene rings is 1. The number of fused-ring (bicyclic) bond motifs is 1. The monoisotopic (exact) mass is 429 g/mol. The summed E-state index contributed by atoms with van der Waals surface area (Å²) >= 11 is 6.39. The zero-order valence-electron chi connectivity index (χ0n) is 17.8. The average molecular weight is 430 g/mol. The van der Waals surface area contributed by atoms with Gasteiger partial charge in [-0.25, -0.2) is 4.79 Å². The van der Waals surface area contributed by atoms with Crippen LogP contribution in [0, 0.1) is 11.3 Å². The second-order valence-electron chi connectivity index (χ2n) is 9.36. The fraction of sp³-hybridized carbons (Fsp3) is 0.500. The molecule has 2 atom stereocenters. The molecule has 2 heterocycles. The highest BCUT2D eigenvalue weighted by molar-refractivity contribution is 6.31. The number of hydrogen-bond acceptors (Lipinski definition) is 4. The molecule has 8 heteroatoms. The molecule has 4 rings (SSSR count). The molecule has 2 N–H and O–H groups in total. The number of aromatic amines is 1. The Morgan fingerprint density at radius 2 is 2.00 bits per heavy atom. The number of nitrogens with zero attached hydrogens (tertiary/aromatic N) is 3. The van der Waals surface area contributed by atoms with Crippen molar-refractivity contribution in [3.63, 3.8) is 0 Å². The smallest absolute Gasteiger partial charge is 0.329 e. The molecule has 1 aliphatic carbocycles. The minimum atomic E-state index is -0.478. The lowest BCUT2D eigenvalue weighted by molar-refractivity contribution is 0.177. The highest BCUT2D eigenvalue weighted by Crippen LogP contribution is 2.39. The van der Waals surface area contributed by atoms with Gasteiger partial charge in [-0.15, -0.1) is 0 Å². The Morgan fingerprint density at radius 3 is 2.70 bits per heavy atom. The fourth-order valence-corrected chi connectivity index (χ4v) is 5.13. The Hall–Kier alpha value is -2.54. The first-order valence-electron chi connectivity index (χ1n) is 10.3. The van der Waals surface area contributed by atoms with Crippen molar-refractivity contribution in [2.75, 3.05) is 5.32 Å². The first kappa shape index (κ1) is 20.7. The van der Waals surface area contributed by atoms with E-state index in [1.54, 1.807) is 7.05 Å². The van der Waals surface area contributed by atoms with E-state index in [4.69, 9.17) is 11.6 Å². The number of rotatable bonds is 4. The molecule has 1 fully saturated rings. The molecule has 0 amide bonds. The van der Waals surface area contributed by atoms with Crippen LogP contribution in [0.4, 0.5) is 5.95 Å². The van der Waals surface area contributed by atoms with Crippen LogP contribution in [-0.4, -0.2) is 25.1 Å². The van der Waals surface area contributed by atoms with Crippen molar-refractivity contribution in [1.82, 2.24) is 19.1 Å². The SMILES string of the molecule is C[C@@H]1C[C@@H](Nc2nc3c(c(=O)[nH]c(=O)n3C)n2Cc2ccccc2Cl)CC(C)(C)C1. The van der Waals surface area contributed by atoms with Crippen molar-refractivity contribution in [2.24, 2.45) is 18.4 Å². The third-order valence-electron chi connectivity index (χ3n) is 6.01. The molecular formula is C22H28ClN5O2. The van der Waals surface area contributed by atoms with E-state index >= 15 is 0 Å². The molecule has 0 unspecified atom stereocenters. The van der Waals surface area contributed by atoms with Gasteiger partial charge >= 0.3 is 5.69 Å². The Morgan fingerprint density at radius 1 is 1.27 bits per heavy atom. The maximum absolute atomic E-state index is 12.7. The summed E-state index contributed by atoms with van der Waals surface area (Å²) in [5, 5.41) is 4.20. The van der Waals surface area contributed by atoms with E-state index in [1.807, 2.05) is 28.8 Å². The summed E-state index contributed by atoms with van der Waals surface area (Å²) in [6, 6.07) is 7.79. The van der Waals surface area contributed by atoms with Gasteiger partial charge in [-0.1, -0.05) is 50.6 Å². The molecule has 7 nitrogen and oxygen atoms in total. The lowest BCUT2D eigenvalue weighted by Crippen LogP contribution is -2.36. The first-order chi connectivity index (χ1) is 14.1. The van der Waals surface area contributed by atoms with E-state index in [0.717, 1.165) is 18.4 Å². The molecule has 0 radical (unpaired) electrons. The zero-order chi connectivity index (χ0) is 21.6. The third-order valence-corrected chi connectivity index (χ3v) is 6.38. The van der Waals surface area contributed by atoms with Crippen LogP contribution in [0.2, 0.25) is 5.02 Å². The van der Waals surface area contributed by atoms with E-state index in [2.05, 4.69) is 36.1 Å². The highest BCUT2D eigenvalue weighted by atomic mass is 35.5. The highest BCUT2D eigenvalue weighted by Gasteiger charge is 2.33. The average Bonchev–Trinajstić information content (AvgIpc) is 2.98. The standard InChI is InChI=1S/C22H28ClN5O2/c1-13-9-15(11-22(2,3)10-13)24-20-25-18-17(19(29)26-21(30)27(18)4)28(20)12-14-7-5-6-8-16(14)23/h5-8,13,15H,9-12H2,1-4H3,(H,24,25)(H,26,29,30)/t13-,15-/m1/s1. The first-order valence-corrected chi connectivity index (χ1v) is 10.7. The number of halogens is 1. The molecule has 1 aromatic carbocycles. The van der Waals surface area contributed by atoms with E-state index in [1.165, 1.54) is 11.0 Å². The summed E-state index contributed by atoms with van der Waals surface area (Å²) in [4.78, 5) is 31.9. The van der Waals surface area contributed by atoms with E-state index in [9.17, 15) is 9.59 Å². The van der Waals surface area contributed by atoms with Crippen molar-refractivity contribution in [1.29, 1.82) is 0 Å². The normalized spacial score (nSPS) is 21.1. The van der Waals surface area contributed by atoms with E-state index < -0.39 is 11.2 Å². The molecule has 0 spiro atoms. The number of aromatic nitrogens is 4. The number of hydrogen-bond donors (Lipinski definition) is 2. The quantitative estimate of drug-likeness (QED) is 0.661. The van der Waals surface area contributed by atoms with Crippen LogP contribution >= 0.6 is 11.6 Å². The number of imidazole rings is 1. The predicted molar refractivity (Wildman–Crippen MR) is 120 cm³/mol. The van der Waals surface area contributed by atoms with Crippen molar-refractivity contribution in [3.8, 4) is 0 Å². The molecule has 160 valence electrons. The van der Waals surface area contributed by atoms with Gasteiger partial charge in [-0.05, 0) is 42.2 Å². The predicted octanol–water partition coefficient (Wildman–Crippen LogP) is 3.75. The molecule has 2 aromatic heterocycles. The Kier molecular flexibility index (Phi) is 5.26. The maximum Gasteiger partial charge on any atom is 0.329 e. The maximum atomic E-state index is 12.7. The molecular weight excluding hydrogens is 402 g/mol. The van der Waals surface area contributed by atoms with Gasteiger partial charge in [-0.2, -0.15) is 4.98 Å². The van der Waals surface area contributed by atoms with Gasteiger partial charge in [0.25, 0.3) is 5.56 Å². The van der Waals surface area contributed by atoms with Gasteiger partial charge < -0.3 is 5.32 Å². The molecule has 1 saturated carbocycles. The van der Waals surface area contributed by atoms with Crippen LogP contribution < -0.4 is 16.6 Å². The summed E-state index contributed by atoms with van der Waals surface area (Å²) < 4.78 is 3.21. The summed E-state index contributed by atoms with van der Waals surface area (Å²) in [6.45, 7) is 7.24. The summed E-state index contributed by atoms with van der Waals surface area (Å²) in [6.07, 6.45) is 3.24. The minimum absolute atomic E-state index is 0.235. The van der Waals surface area contributed by atoms with E-state index in [-0.39, 0.29) is 11.5 Å². The second-order valence-corrected chi connectivity index (χ2v) is 9.77. The molecule has 1 aliphatic rings. The van der Waals surface area contributed by atoms with Crippen LogP contribution in [-0.2, 0) is 13.6 Å². The molecule has 0 bridgehead atoms. The number of anilines is 1. The minimum Gasteiger partial charge on any atom is -0.353 e. The fourth-order valence-electron chi connectivity index (χ4n) is 4.93. The van der Waals surface area contributed by atoms with Crippen LogP contribution in [0.3, 0.4) is 0 Å². The van der Waals surface area contributed by atoms with Gasteiger partial charge in [-0.3, -0.25) is 18.9 Å². The van der Waals surface area contributed by atoms with Gasteiger partial charge in [0.2, 0.25) is 5.95 Å². The van der Waals surface area contributed by atoms with Crippen LogP contribution in [0.25, 0.3) is 11.2 Å². The Labute approximate surface area is 180 Å². The Bertz CT molecular complexity index is 1210. The van der Waals surface area contributed by atoms with Crippen molar-refractivity contribution in [3.05, 3.63) is 55.7 Å². The van der Waals surface area contributed by atoms with Crippen LogP contribution in [0.5, 0.6) is 0 Å². The van der Waals surface area contributed by atoms with Crippen LogP contribution in [0.1, 0.15) is 45.6 Å². The summed E-state index contributed by atoms with van der Waals surface area (Å²) in [7, 11) is 1.61. The van der Waals surface area contributed by atoms with Gasteiger partial charge in [0.1, 0.15) is 0 Å². The van der Waals surface area contributed by atoms with Crippen molar-refractivity contribution >= 4 is 28.7 Å². The topological polar surface area (TPSA) is 84.7 Å². The second kappa shape index (κ2) is 7.61. The van der Waals surface area contributed by atoms with Gasteiger partial charge in [0, 0.05) is 18.1 Å². The number of H-pyrrole nitrogens is 1. The number of aryl methyl sites for hydroxylation is 1. The van der Waals surface area contributed by atoms with E-state index in [0.29, 0.717) is 34.6 Å². The van der Waals surface area contributed by atoms with Crippen LogP contribution in [0.15, 0.2) is 33.9 Å². The molecule has 3 aromatic rings. The zero-order valence-corrected chi connectivity index (χ0v) is 18.6. The molecule has 0 aliphatic heterocycles. The van der Waals surface area contributed by atoms with Crippen molar-refractivity contribution in [2.45, 2.75) is 52.6 Å². The Balaban J connectivity index is 1.83. The number of nitrogens with one attached hydrogen (secondary N) is 2. The van der Waals surface area contributed by atoms with Crippen molar-refractivity contribution < 1.29 is 0 Å². The summed E-state index contributed by atoms with van der Waals surface area (Å²) in [5.41, 5.74) is 0.919. The van der Waals surface area contributed by atoms with Gasteiger partial charge in [0.15, 0.2) is 11.2 Å². The largest absolute Gasteiger partial charge is 0.353 e. The molecule has 0 saturated heterocycles. The third kappa shape index (κ3) is 3.90. The lowest BCUT2D eigenvalue weighted by atomic mass is 9.71. The molecule has 30 heavy (non-hydrogen) atoms. The van der Waals surface area contributed by atoms with Gasteiger partial charge in [0.05, 0.1) is 6.54 Å². The summed E-state index contributed by atoms with van der Waals surface area (Å²) in [5.74, 6) is 1.19.